The smallest absolute Gasteiger partial charge is 0.306 e. The van der Waals surface area contributed by atoms with Crippen molar-refractivity contribution < 1.29 is 19.1 Å². The minimum absolute atomic E-state index is 0.0749. The van der Waals surface area contributed by atoms with E-state index in [4.69, 9.17) is 9.84 Å². The first-order valence-electron chi connectivity index (χ1n) is 4.88. The number of ether oxygens (including phenoxy) is 1. The summed E-state index contributed by atoms with van der Waals surface area (Å²) in [5.74, 6) is -0.802. The molecule has 0 saturated carbocycles. The van der Waals surface area contributed by atoms with Crippen LogP contribution in [0.3, 0.4) is 0 Å². The minimum atomic E-state index is -0.802. The number of quaternary nitrogens is 1. The summed E-state index contributed by atoms with van der Waals surface area (Å²) in [7, 11) is 6.08. The Morgan fingerprint density at radius 3 is 2.14 bits per heavy atom. The molecular formula is C10H22NO3+. The molecule has 0 rings (SSSR count). The molecule has 0 radical (unpaired) electrons. The first kappa shape index (κ1) is 13.4. The molecule has 0 amide bonds. The summed E-state index contributed by atoms with van der Waals surface area (Å²) in [4.78, 5) is 10.6. The van der Waals surface area contributed by atoms with Crippen LogP contribution >= 0.6 is 0 Å². The van der Waals surface area contributed by atoms with Gasteiger partial charge in [-0.15, -0.1) is 0 Å². The summed E-state index contributed by atoms with van der Waals surface area (Å²) < 4.78 is 6.25. The van der Waals surface area contributed by atoms with Crippen molar-refractivity contribution in [2.24, 2.45) is 0 Å². The third-order valence-electron chi connectivity index (χ3n) is 1.62. The Labute approximate surface area is 86.1 Å². The van der Waals surface area contributed by atoms with Crippen LogP contribution < -0.4 is 0 Å². The van der Waals surface area contributed by atoms with Crippen molar-refractivity contribution in [1.29, 1.82) is 0 Å². The van der Waals surface area contributed by atoms with Crippen LogP contribution in [0.2, 0.25) is 0 Å². The first-order valence-corrected chi connectivity index (χ1v) is 4.88. The molecule has 0 aromatic heterocycles. The predicted molar refractivity (Wildman–Crippen MR) is 55.2 cm³/mol. The van der Waals surface area contributed by atoms with Crippen molar-refractivity contribution in [3.8, 4) is 0 Å². The first-order chi connectivity index (χ1) is 6.20. The maximum Gasteiger partial charge on any atom is 0.306 e. The summed E-state index contributed by atoms with van der Waals surface area (Å²) >= 11 is 0. The maximum absolute atomic E-state index is 10.6. The van der Waals surface area contributed by atoms with Gasteiger partial charge in [-0.25, -0.2) is 0 Å². The Morgan fingerprint density at radius 2 is 1.86 bits per heavy atom. The molecule has 1 N–H and O–H groups in total. The average Bonchev–Trinajstić information content (AvgIpc) is 1.77. The Balaban J connectivity index is 4.17. The normalized spacial score (nSPS) is 14.4. The molecule has 0 aromatic rings. The molecule has 1 unspecified atom stereocenters. The number of likely N-dealkylation sites (N-methyl/N-ethyl adjacent to an activating group) is 1. The molecule has 84 valence electrons. The number of carboxylic acids is 1. The lowest BCUT2D eigenvalue weighted by Gasteiger charge is -2.29. The standard InChI is InChI=1S/C10H21NO3/c1-8(2)14-9(6-10(12)13)7-11(3,4)5/h8-9H,6-7H2,1-5H3/p+1. The predicted octanol–water partition coefficient (Wildman–Crippen LogP) is 0.961. The molecule has 14 heavy (non-hydrogen) atoms. The Kier molecular flexibility index (Phi) is 5.08. The van der Waals surface area contributed by atoms with E-state index < -0.39 is 5.97 Å². The summed E-state index contributed by atoms with van der Waals surface area (Å²) in [5.41, 5.74) is 0. The molecular weight excluding hydrogens is 182 g/mol. The van der Waals surface area contributed by atoms with Gasteiger partial charge in [0, 0.05) is 0 Å². The molecule has 0 bridgehead atoms. The van der Waals surface area contributed by atoms with Crippen LogP contribution in [0, 0.1) is 0 Å². The molecule has 0 spiro atoms. The highest BCUT2D eigenvalue weighted by Gasteiger charge is 2.22. The van der Waals surface area contributed by atoms with Gasteiger partial charge in [-0.1, -0.05) is 0 Å². The number of carbonyl (C=O) groups is 1. The van der Waals surface area contributed by atoms with E-state index >= 15 is 0 Å². The Hall–Kier alpha value is -0.610. The van der Waals surface area contributed by atoms with E-state index in [1.54, 1.807) is 0 Å². The molecule has 1 atom stereocenters. The number of nitrogens with zero attached hydrogens (tertiary/aromatic N) is 1. The Morgan fingerprint density at radius 1 is 1.36 bits per heavy atom. The molecule has 0 aliphatic heterocycles. The third kappa shape index (κ3) is 8.01. The van der Waals surface area contributed by atoms with Crippen LogP contribution in [0.4, 0.5) is 0 Å². The fourth-order valence-corrected chi connectivity index (χ4v) is 1.35. The number of aliphatic carboxylic acids is 1. The lowest BCUT2D eigenvalue weighted by atomic mass is 10.2. The van der Waals surface area contributed by atoms with Crippen molar-refractivity contribution in [1.82, 2.24) is 0 Å². The fourth-order valence-electron chi connectivity index (χ4n) is 1.35. The van der Waals surface area contributed by atoms with E-state index in [2.05, 4.69) is 0 Å². The van der Waals surface area contributed by atoms with E-state index in [1.165, 1.54) is 0 Å². The summed E-state index contributed by atoms with van der Waals surface area (Å²) in [6, 6.07) is 0. The van der Waals surface area contributed by atoms with Crippen LogP contribution in [-0.4, -0.2) is 55.5 Å². The van der Waals surface area contributed by atoms with Crippen molar-refractivity contribution >= 4 is 5.97 Å². The number of carboxylic acid groups (broad SMARTS) is 1. The molecule has 0 aromatic carbocycles. The van der Waals surface area contributed by atoms with Crippen LogP contribution in [0.25, 0.3) is 0 Å². The maximum atomic E-state index is 10.6. The van der Waals surface area contributed by atoms with Gasteiger partial charge in [-0.2, -0.15) is 0 Å². The molecule has 0 fully saturated rings. The highest BCUT2D eigenvalue weighted by Crippen LogP contribution is 2.07. The number of hydrogen-bond donors (Lipinski definition) is 1. The van der Waals surface area contributed by atoms with Gasteiger partial charge in [-0.3, -0.25) is 4.79 Å². The van der Waals surface area contributed by atoms with Crippen LogP contribution in [0.5, 0.6) is 0 Å². The quantitative estimate of drug-likeness (QED) is 0.656. The van der Waals surface area contributed by atoms with Gasteiger partial charge in [0.05, 0.1) is 33.7 Å². The van der Waals surface area contributed by atoms with Gasteiger partial charge in [0.15, 0.2) is 0 Å². The van der Waals surface area contributed by atoms with Gasteiger partial charge in [0.2, 0.25) is 0 Å². The molecule has 0 heterocycles. The zero-order valence-corrected chi connectivity index (χ0v) is 9.78. The zero-order chi connectivity index (χ0) is 11.4. The van der Waals surface area contributed by atoms with Gasteiger partial charge < -0.3 is 14.3 Å². The monoisotopic (exact) mass is 204 g/mol. The van der Waals surface area contributed by atoms with Gasteiger partial charge in [0.1, 0.15) is 12.6 Å². The van der Waals surface area contributed by atoms with E-state index in [-0.39, 0.29) is 18.6 Å². The average molecular weight is 204 g/mol. The van der Waals surface area contributed by atoms with Crippen molar-refractivity contribution in [3.63, 3.8) is 0 Å². The van der Waals surface area contributed by atoms with Crippen molar-refractivity contribution in [2.45, 2.75) is 32.5 Å². The highest BCUT2D eigenvalue weighted by molar-refractivity contribution is 5.67. The molecule has 0 aliphatic rings. The largest absolute Gasteiger partial charge is 0.481 e. The lowest BCUT2D eigenvalue weighted by molar-refractivity contribution is -0.873. The van der Waals surface area contributed by atoms with Crippen molar-refractivity contribution in [3.05, 3.63) is 0 Å². The third-order valence-corrected chi connectivity index (χ3v) is 1.62. The number of rotatable bonds is 6. The van der Waals surface area contributed by atoms with Gasteiger partial charge in [0.25, 0.3) is 0 Å². The van der Waals surface area contributed by atoms with Crippen molar-refractivity contribution in [2.75, 3.05) is 27.7 Å². The van der Waals surface area contributed by atoms with Crippen LogP contribution in [-0.2, 0) is 9.53 Å². The lowest BCUT2D eigenvalue weighted by Crippen LogP contribution is -2.43. The van der Waals surface area contributed by atoms with E-state index in [9.17, 15) is 4.79 Å². The second-order valence-electron chi connectivity index (χ2n) is 4.88. The SMILES string of the molecule is CC(C)OC(CC(=O)O)C[N+](C)(C)C. The highest BCUT2D eigenvalue weighted by atomic mass is 16.5. The van der Waals surface area contributed by atoms with Crippen LogP contribution in [0.15, 0.2) is 0 Å². The number of hydrogen-bond acceptors (Lipinski definition) is 2. The van der Waals surface area contributed by atoms with E-state index in [0.29, 0.717) is 11.0 Å². The van der Waals surface area contributed by atoms with Gasteiger partial charge >= 0.3 is 5.97 Å². The molecule has 0 saturated heterocycles. The molecule has 4 nitrogen and oxygen atoms in total. The van der Waals surface area contributed by atoms with E-state index in [0.717, 1.165) is 0 Å². The topological polar surface area (TPSA) is 46.5 Å². The second-order valence-corrected chi connectivity index (χ2v) is 4.88. The van der Waals surface area contributed by atoms with Crippen LogP contribution in [0.1, 0.15) is 20.3 Å². The summed E-state index contributed by atoms with van der Waals surface area (Å²) in [6.45, 7) is 4.56. The summed E-state index contributed by atoms with van der Waals surface area (Å²) in [6.07, 6.45) is -0.0494. The molecule has 0 aliphatic carbocycles. The second kappa shape index (κ2) is 5.32. The fraction of sp³-hybridized carbons (Fsp3) is 0.900. The summed E-state index contributed by atoms with van der Waals surface area (Å²) in [5, 5.41) is 8.71. The zero-order valence-electron chi connectivity index (χ0n) is 9.78. The Bertz CT molecular complexity index is 184. The van der Waals surface area contributed by atoms with Gasteiger partial charge in [-0.05, 0) is 13.8 Å². The minimum Gasteiger partial charge on any atom is -0.481 e. The molecule has 4 heteroatoms. The van der Waals surface area contributed by atoms with E-state index in [1.807, 2.05) is 35.0 Å².